The van der Waals surface area contributed by atoms with Crippen molar-refractivity contribution in [2.24, 2.45) is 5.73 Å². The fourth-order valence-electron chi connectivity index (χ4n) is 1.21. The van der Waals surface area contributed by atoms with E-state index in [9.17, 15) is 0 Å². The first-order chi connectivity index (χ1) is 7.40. The molecule has 0 amide bonds. The van der Waals surface area contributed by atoms with Gasteiger partial charge in [-0.2, -0.15) is 0 Å². The standard InChI is InChI=1S/C10H11N3S2/c11-6-9-8(2-1-3-12-9)7-15-10-13-4-5-14-10/h1-5H,6-7,11H2. The van der Waals surface area contributed by atoms with Gasteiger partial charge in [-0.05, 0) is 11.6 Å². The van der Waals surface area contributed by atoms with Gasteiger partial charge in [0.05, 0.1) is 5.69 Å². The van der Waals surface area contributed by atoms with Gasteiger partial charge in [0.15, 0.2) is 0 Å². The van der Waals surface area contributed by atoms with Crippen LogP contribution in [0.5, 0.6) is 0 Å². The molecule has 2 N–H and O–H groups in total. The molecule has 2 rings (SSSR count). The molecule has 0 fully saturated rings. The van der Waals surface area contributed by atoms with E-state index in [1.54, 1.807) is 29.3 Å². The van der Waals surface area contributed by atoms with Gasteiger partial charge in [-0.15, -0.1) is 11.3 Å². The first-order valence-electron chi connectivity index (χ1n) is 4.55. The minimum atomic E-state index is 0.495. The van der Waals surface area contributed by atoms with Crippen LogP contribution in [0.3, 0.4) is 0 Å². The molecule has 15 heavy (non-hydrogen) atoms. The van der Waals surface area contributed by atoms with Gasteiger partial charge < -0.3 is 5.73 Å². The van der Waals surface area contributed by atoms with Gasteiger partial charge in [0.1, 0.15) is 4.34 Å². The van der Waals surface area contributed by atoms with Gasteiger partial charge in [-0.3, -0.25) is 4.98 Å². The Labute approximate surface area is 96.8 Å². The third-order valence-corrected chi connectivity index (χ3v) is 3.95. The van der Waals surface area contributed by atoms with Gasteiger partial charge in [0, 0.05) is 30.1 Å². The average Bonchev–Trinajstić information content (AvgIpc) is 2.79. The zero-order valence-electron chi connectivity index (χ0n) is 8.09. The zero-order valence-corrected chi connectivity index (χ0v) is 9.72. The van der Waals surface area contributed by atoms with Crippen LogP contribution >= 0.6 is 23.1 Å². The van der Waals surface area contributed by atoms with Gasteiger partial charge in [0.25, 0.3) is 0 Å². The van der Waals surface area contributed by atoms with Crippen molar-refractivity contribution >= 4 is 23.1 Å². The largest absolute Gasteiger partial charge is 0.325 e. The highest BCUT2D eigenvalue weighted by Crippen LogP contribution is 2.25. The zero-order chi connectivity index (χ0) is 10.5. The fourth-order valence-corrected chi connectivity index (χ4v) is 2.86. The molecule has 0 aliphatic carbocycles. The highest BCUT2D eigenvalue weighted by atomic mass is 32.2. The summed E-state index contributed by atoms with van der Waals surface area (Å²) in [5.41, 5.74) is 7.78. The van der Waals surface area contributed by atoms with Crippen LogP contribution < -0.4 is 5.73 Å². The van der Waals surface area contributed by atoms with Crippen LogP contribution in [0, 0.1) is 0 Å². The molecule has 78 valence electrons. The SMILES string of the molecule is NCc1ncccc1CSc1nccs1. The number of aromatic nitrogens is 2. The Morgan fingerprint density at radius 2 is 2.27 bits per heavy atom. The fraction of sp³-hybridized carbons (Fsp3) is 0.200. The Morgan fingerprint density at radius 1 is 1.33 bits per heavy atom. The monoisotopic (exact) mass is 237 g/mol. The smallest absolute Gasteiger partial charge is 0.150 e. The van der Waals surface area contributed by atoms with Crippen molar-refractivity contribution in [3.8, 4) is 0 Å². The molecule has 0 spiro atoms. The van der Waals surface area contributed by atoms with Crippen LogP contribution in [-0.2, 0) is 12.3 Å². The molecule has 0 unspecified atom stereocenters. The lowest BCUT2D eigenvalue weighted by molar-refractivity contribution is 0.964. The molecule has 3 nitrogen and oxygen atoms in total. The van der Waals surface area contributed by atoms with Gasteiger partial charge in [-0.1, -0.05) is 17.8 Å². The molecule has 0 aliphatic rings. The molecular formula is C10H11N3S2. The summed E-state index contributed by atoms with van der Waals surface area (Å²) in [4.78, 5) is 8.46. The van der Waals surface area contributed by atoms with Gasteiger partial charge in [-0.25, -0.2) is 4.98 Å². The van der Waals surface area contributed by atoms with E-state index in [0.29, 0.717) is 6.54 Å². The summed E-state index contributed by atoms with van der Waals surface area (Å²) >= 11 is 3.38. The minimum absolute atomic E-state index is 0.495. The maximum Gasteiger partial charge on any atom is 0.150 e. The molecule has 0 aromatic carbocycles. The minimum Gasteiger partial charge on any atom is -0.325 e. The summed E-state index contributed by atoms with van der Waals surface area (Å²) in [6, 6.07) is 4.01. The number of thiazole rings is 1. The topological polar surface area (TPSA) is 51.8 Å². The highest BCUT2D eigenvalue weighted by molar-refractivity contribution is 8.00. The number of hydrogen-bond acceptors (Lipinski definition) is 5. The number of nitrogens with zero attached hydrogens (tertiary/aromatic N) is 2. The van der Waals surface area contributed by atoms with Crippen molar-refractivity contribution in [1.29, 1.82) is 0 Å². The second-order valence-electron chi connectivity index (χ2n) is 2.90. The number of nitrogens with two attached hydrogens (primary N) is 1. The highest BCUT2D eigenvalue weighted by Gasteiger charge is 2.03. The normalized spacial score (nSPS) is 10.5. The average molecular weight is 237 g/mol. The summed E-state index contributed by atoms with van der Waals surface area (Å²) in [6.07, 6.45) is 3.60. The van der Waals surface area contributed by atoms with Crippen molar-refractivity contribution in [3.05, 3.63) is 41.2 Å². The number of thioether (sulfide) groups is 1. The summed E-state index contributed by atoms with van der Waals surface area (Å²) in [5, 5.41) is 1.98. The molecule has 0 saturated heterocycles. The number of hydrogen-bond donors (Lipinski definition) is 1. The molecule has 0 radical (unpaired) electrons. The van der Waals surface area contributed by atoms with E-state index in [2.05, 4.69) is 16.0 Å². The van der Waals surface area contributed by atoms with E-state index in [0.717, 1.165) is 15.8 Å². The quantitative estimate of drug-likeness (QED) is 0.829. The van der Waals surface area contributed by atoms with Gasteiger partial charge >= 0.3 is 0 Å². The van der Waals surface area contributed by atoms with E-state index < -0.39 is 0 Å². The lowest BCUT2D eigenvalue weighted by atomic mass is 10.2. The lowest BCUT2D eigenvalue weighted by Crippen LogP contribution is -2.03. The van der Waals surface area contributed by atoms with E-state index >= 15 is 0 Å². The molecular weight excluding hydrogens is 226 g/mol. The van der Waals surface area contributed by atoms with Crippen LogP contribution in [0.25, 0.3) is 0 Å². The van der Waals surface area contributed by atoms with Crippen LogP contribution in [0.4, 0.5) is 0 Å². The third kappa shape index (κ3) is 2.77. The summed E-state index contributed by atoms with van der Waals surface area (Å²) < 4.78 is 1.09. The second-order valence-corrected chi connectivity index (χ2v) is 5.02. The predicted molar refractivity (Wildman–Crippen MR) is 63.8 cm³/mol. The van der Waals surface area contributed by atoms with E-state index in [1.807, 2.05) is 17.6 Å². The second kappa shape index (κ2) is 5.25. The molecule has 0 aliphatic heterocycles. The predicted octanol–water partition coefficient (Wildman–Crippen LogP) is 2.29. The van der Waals surface area contributed by atoms with Crippen LogP contribution in [-0.4, -0.2) is 9.97 Å². The molecule has 2 aromatic heterocycles. The number of rotatable bonds is 4. The van der Waals surface area contributed by atoms with Crippen molar-refractivity contribution in [3.63, 3.8) is 0 Å². The third-order valence-electron chi connectivity index (χ3n) is 1.94. The summed E-state index contributed by atoms with van der Waals surface area (Å²) in [5.74, 6) is 0.883. The van der Waals surface area contributed by atoms with E-state index in [1.165, 1.54) is 5.56 Å². The molecule has 0 atom stereocenters. The Balaban J connectivity index is 2.04. The molecule has 0 saturated carbocycles. The van der Waals surface area contributed by atoms with Crippen LogP contribution in [0.2, 0.25) is 0 Å². The van der Waals surface area contributed by atoms with Crippen LogP contribution in [0.15, 0.2) is 34.2 Å². The Morgan fingerprint density at radius 3 is 3.00 bits per heavy atom. The van der Waals surface area contributed by atoms with Crippen LogP contribution in [0.1, 0.15) is 11.3 Å². The molecule has 2 aromatic rings. The van der Waals surface area contributed by atoms with Crippen molar-refractivity contribution < 1.29 is 0 Å². The molecule has 5 heteroatoms. The summed E-state index contributed by atoms with van der Waals surface area (Å²) in [6.45, 7) is 0.495. The Bertz CT molecular complexity index is 414. The first-order valence-corrected chi connectivity index (χ1v) is 6.42. The van der Waals surface area contributed by atoms with Crippen molar-refractivity contribution in [2.45, 2.75) is 16.6 Å². The Hall–Kier alpha value is -0.910. The van der Waals surface area contributed by atoms with E-state index in [4.69, 9.17) is 5.73 Å². The van der Waals surface area contributed by atoms with Gasteiger partial charge in [0.2, 0.25) is 0 Å². The summed E-state index contributed by atoms with van der Waals surface area (Å²) in [7, 11) is 0. The first kappa shape index (κ1) is 10.6. The maximum absolute atomic E-state index is 5.61. The number of pyridine rings is 1. The Kier molecular flexibility index (Phi) is 3.71. The van der Waals surface area contributed by atoms with E-state index in [-0.39, 0.29) is 0 Å². The van der Waals surface area contributed by atoms with Crippen molar-refractivity contribution in [2.75, 3.05) is 0 Å². The lowest BCUT2D eigenvalue weighted by Gasteiger charge is -2.04. The molecule has 2 heterocycles. The maximum atomic E-state index is 5.61. The molecule has 0 bridgehead atoms. The van der Waals surface area contributed by atoms with Crippen molar-refractivity contribution in [1.82, 2.24) is 9.97 Å².